The number of hydrogen-bond donors (Lipinski definition) is 1. The van der Waals surface area contributed by atoms with Crippen LogP contribution in [0.3, 0.4) is 0 Å². The first-order valence-electron chi connectivity index (χ1n) is 5.60. The second kappa shape index (κ2) is 5.35. The highest BCUT2D eigenvalue weighted by molar-refractivity contribution is 7.88. The number of carbonyl (C=O) groups is 1. The molecule has 0 bridgehead atoms. The molecule has 0 saturated carbocycles. The van der Waals surface area contributed by atoms with Crippen LogP contribution in [0.2, 0.25) is 0 Å². The second-order valence-electron chi connectivity index (χ2n) is 4.65. The SMILES string of the molecule is C[C@@H]1[C@H](CC(=O)O)N(S(C)(=O)=O)CCN1S(C)(=O)=O. The summed E-state index contributed by atoms with van der Waals surface area (Å²) in [6.45, 7) is 1.52. The maximum Gasteiger partial charge on any atom is 0.305 e. The van der Waals surface area contributed by atoms with E-state index in [9.17, 15) is 21.6 Å². The van der Waals surface area contributed by atoms with Gasteiger partial charge in [0.15, 0.2) is 0 Å². The van der Waals surface area contributed by atoms with Gasteiger partial charge < -0.3 is 5.11 Å². The first-order chi connectivity index (χ1) is 8.44. The number of hydrogen-bond acceptors (Lipinski definition) is 5. The van der Waals surface area contributed by atoms with Crippen LogP contribution in [0.15, 0.2) is 0 Å². The Morgan fingerprint density at radius 3 is 1.89 bits per heavy atom. The summed E-state index contributed by atoms with van der Waals surface area (Å²) in [4.78, 5) is 10.9. The number of carboxylic acid groups (broad SMARTS) is 1. The van der Waals surface area contributed by atoms with Crippen LogP contribution in [0.4, 0.5) is 0 Å². The summed E-state index contributed by atoms with van der Waals surface area (Å²) in [7, 11) is -7.07. The molecule has 1 aliphatic heterocycles. The van der Waals surface area contributed by atoms with Crippen LogP contribution < -0.4 is 0 Å². The fourth-order valence-corrected chi connectivity index (χ4v) is 4.64. The van der Waals surface area contributed by atoms with Gasteiger partial charge in [-0.25, -0.2) is 16.8 Å². The number of rotatable bonds is 4. The maximum atomic E-state index is 11.6. The maximum absolute atomic E-state index is 11.6. The molecule has 0 aromatic rings. The van der Waals surface area contributed by atoms with Crippen LogP contribution >= 0.6 is 0 Å². The standard InChI is InChI=1S/C9H18N2O6S2/c1-7-8(6-9(12)13)11(19(3,16)17)5-4-10(7)18(2,14)15/h7-8H,4-6H2,1-3H3,(H,12,13)/t7-,8+/m1/s1. The van der Waals surface area contributed by atoms with E-state index in [0.29, 0.717) is 0 Å². The number of piperazine rings is 1. The van der Waals surface area contributed by atoms with Crippen molar-refractivity contribution in [2.24, 2.45) is 0 Å². The van der Waals surface area contributed by atoms with Crippen LogP contribution in [0.5, 0.6) is 0 Å². The quantitative estimate of drug-likeness (QED) is 0.694. The van der Waals surface area contributed by atoms with Gasteiger partial charge in [0.25, 0.3) is 0 Å². The number of aliphatic carboxylic acids is 1. The minimum atomic E-state index is -3.57. The molecule has 2 atom stereocenters. The Morgan fingerprint density at radius 2 is 1.53 bits per heavy atom. The smallest absolute Gasteiger partial charge is 0.305 e. The average molecular weight is 314 g/mol. The molecule has 19 heavy (non-hydrogen) atoms. The first-order valence-corrected chi connectivity index (χ1v) is 9.29. The number of sulfonamides is 2. The van der Waals surface area contributed by atoms with E-state index in [1.54, 1.807) is 0 Å². The van der Waals surface area contributed by atoms with Gasteiger partial charge in [0, 0.05) is 19.1 Å². The molecule has 1 aliphatic rings. The third-order valence-corrected chi connectivity index (χ3v) is 5.83. The number of nitrogens with zero attached hydrogens (tertiary/aromatic N) is 2. The lowest BCUT2D eigenvalue weighted by molar-refractivity contribution is -0.138. The Labute approximate surface area is 113 Å². The van der Waals surface area contributed by atoms with Crippen LogP contribution in [-0.2, 0) is 24.8 Å². The molecule has 0 radical (unpaired) electrons. The van der Waals surface area contributed by atoms with Crippen molar-refractivity contribution < 1.29 is 26.7 Å². The third-order valence-electron chi connectivity index (χ3n) is 3.16. The van der Waals surface area contributed by atoms with Crippen LogP contribution in [-0.4, -0.2) is 74.2 Å². The van der Waals surface area contributed by atoms with Crippen LogP contribution in [0.1, 0.15) is 13.3 Å². The van der Waals surface area contributed by atoms with E-state index in [0.717, 1.165) is 21.1 Å². The fourth-order valence-electron chi connectivity index (χ4n) is 2.33. The molecule has 1 heterocycles. The van der Waals surface area contributed by atoms with E-state index in [2.05, 4.69) is 0 Å². The highest BCUT2D eigenvalue weighted by Crippen LogP contribution is 2.24. The second-order valence-corrected chi connectivity index (χ2v) is 8.52. The van der Waals surface area contributed by atoms with E-state index in [1.165, 1.54) is 6.92 Å². The van der Waals surface area contributed by atoms with Crippen molar-refractivity contribution in [1.82, 2.24) is 8.61 Å². The molecule has 8 nitrogen and oxygen atoms in total. The largest absolute Gasteiger partial charge is 0.481 e. The first kappa shape index (κ1) is 16.3. The monoisotopic (exact) mass is 314 g/mol. The normalized spacial score (nSPS) is 27.3. The molecule has 112 valence electrons. The molecule has 1 N–H and O–H groups in total. The summed E-state index contributed by atoms with van der Waals surface area (Å²) < 4.78 is 48.7. The molecule has 0 aliphatic carbocycles. The predicted molar refractivity (Wildman–Crippen MR) is 68.6 cm³/mol. The van der Waals surface area contributed by atoms with Crippen LogP contribution in [0, 0.1) is 0 Å². The van der Waals surface area contributed by atoms with E-state index in [4.69, 9.17) is 5.11 Å². The summed E-state index contributed by atoms with van der Waals surface area (Å²) in [5.74, 6) is -1.17. The van der Waals surface area contributed by atoms with Gasteiger partial charge in [-0.1, -0.05) is 0 Å². The summed E-state index contributed by atoms with van der Waals surface area (Å²) in [5.41, 5.74) is 0. The lowest BCUT2D eigenvalue weighted by Crippen LogP contribution is -2.61. The summed E-state index contributed by atoms with van der Waals surface area (Å²) >= 11 is 0. The molecule has 0 spiro atoms. The molecular weight excluding hydrogens is 296 g/mol. The Balaban J connectivity index is 3.14. The summed E-state index contributed by atoms with van der Waals surface area (Å²) in [5, 5.41) is 8.87. The molecule has 0 unspecified atom stereocenters. The molecule has 1 saturated heterocycles. The van der Waals surface area contributed by atoms with E-state index in [-0.39, 0.29) is 13.1 Å². The molecular formula is C9H18N2O6S2. The molecule has 0 aromatic carbocycles. The lowest BCUT2D eigenvalue weighted by atomic mass is 10.0. The van der Waals surface area contributed by atoms with Crippen molar-refractivity contribution in [3.05, 3.63) is 0 Å². The van der Waals surface area contributed by atoms with Crippen molar-refractivity contribution in [1.29, 1.82) is 0 Å². The Morgan fingerprint density at radius 1 is 1.11 bits per heavy atom. The fraction of sp³-hybridized carbons (Fsp3) is 0.889. The van der Waals surface area contributed by atoms with Crippen molar-refractivity contribution in [2.45, 2.75) is 25.4 Å². The van der Waals surface area contributed by atoms with Gasteiger partial charge in [0.2, 0.25) is 20.0 Å². The average Bonchev–Trinajstić information content (AvgIpc) is 2.16. The molecule has 0 amide bonds. The zero-order valence-electron chi connectivity index (χ0n) is 11.0. The molecule has 0 aromatic heterocycles. The van der Waals surface area contributed by atoms with Crippen LogP contribution in [0.25, 0.3) is 0 Å². The Hall–Kier alpha value is -0.710. The van der Waals surface area contributed by atoms with E-state index < -0.39 is 44.5 Å². The number of carboxylic acids is 1. The molecule has 1 rings (SSSR count). The predicted octanol–water partition coefficient (Wildman–Crippen LogP) is -1.24. The minimum absolute atomic E-state index is 0.0309. The van der Waals surface area contributed by atoms with Gasteiger partial charge in [0.05, 0.1) is 25.0 Å². The zero-order valence-corrected chi connectivity index (χ0v) is 12.6. The zero-order chi connectivity index (χ0) is 15.0. The molecule has 10 heteroatoms. The van der Waals surface area contributed by atoms with Crippen molar-refractivity contribution >= 4 is 26.0 Å². The van der Waals surface area contributed by atoms with E-state index >= 15 is 0 Å². The van der Waals surface area contributed by atoms with Gasteiger partial charge in [-0.15, -0.1) is 0 Å². The highest BCUT2D eigenvalue weighted by Gasteiger charge is 2.42. The van der Waals surface area contributed by atoms with E-state index in [1.807, 2.05) is 0 Å². The topological polar surface area (TPSA) is 112 Å². The summed E-state index contributed by atoms with van der Waals surface area (Å²) in [6, 6.07) is -1.61. The van der Waals surface area contributed by atoms with Crippen molar-refractivity contribution in [2.75, 3.05) is 25.6 Å². The molecule has 1 fully saturated rings. The highest BCUT2D eigenvalue weighted by atomic mass is 32.2. The third kappa shape index (κ3) is 3.88. The Kier molecular flexibility index (Phi) is 4.60. The lowest BCUT2D eigenvalue weighted by Gasteiger charge is -2.43. The summed E-state index contributed by atoms with van der Waals surface area (Å²) in [6.07, 6.45) is 1.59. The van der Waals surface area contributed by atoms with Gasteiger partial charge in [-0.2, -0.15) is 8.61 Å². The van der Waals surface area contributed by atoms with Gasteiger partial charge in [-0.3, -0.25) is 4.79 Å². The Bertz CT molecular complexity index is 555. The van der Waals surface area contributed by atoms with Crippen molar-refractivity contribution in [3.63, 3.8) is 0 Å². The van der Waals surface area contributed by atoms with Gasteiger partial charge in [-0.05, 0) is 6.92 Å². The minimum Gasteiger partial charge on any atom is -0.481 e. The van der Waals surface area contributed by atoms with Gasteiger partial charge in [0.1, 0.15) is 0 Å². The van der Waals surface area contributed by atoms with Gasteiger partial charge >= 0.3 is 5.97 Å². The van der Waals surface area contributed by atoms with Crippen molar-refractivity contribution in [3.8, 4) is 0 Å².